The van der Waals surface area contributed by atoms with Crippen LogP contribution in [0.1, 0.15) is 24.4 Å². The summed E-state index contributed by atoms with van der Waals surface area (Å²) in [6.07, 6.45) is -5.32. The molecule has 22 heavy (non-hydrogen) atoms. The van der Waals surface area contributed by atoms with Gasteiger partial charge in [0.1, 0.15) is 5.82 Å². The first-order valence-electron chi connectivity index (χ1n) is 6.83. The van der Waals surface area contributed by atoms with Crippen LogP contribution in [0.3, 0.4) is 0 Å². The molecule has 2 rings (SSSR count). The SMILES string of the molecule is Cl.Fc1cc(Cl)ccc1[C@H](CCC(F)(F)F)N1CCNCC1. The zero-order chi connectivity index (χ0) is 15.5. The summed E-state index contributed by atoms with van der Waals surface area (Å²) in [6, 6.07) is 3.58. The second-order valence-corrected chi connectivity index (χ2v) is 5.56. The lowest BCUT2D eigenvalue weighted by Gasteiger charge is -2.35. The van der Waals surface area contributed by atoms with Gasteiger partial charge in [0.25, 0.3) is 0 Å². The van der Waals surface area contributed by atoms with Gasteiger partial charge in [-0.05, 0) is 18.6 Å². The van der Waals surface area contributed by atoms with Crippen LogP contribution in [0.5, 0.6) is 0 Å². The van der Waals surface area contributed by atoms with Gasteiger partial charge in [0.05, 0.1) is 0 Å². The van der Waals surface area contributed by atoms with Crippen molar-refractivity contribution in [3.63, 3.8) is 0 Å². The van der Waals surface area contributed by atoms with E-state index in [-0.39, 0.29) is 29.4 Å². The maximum absolute atomic E-state index is 14.1. The summed E-state index contributed by atoms with van der Waals surface area (Å²) in [5.74, 6) is -0.548. The van der Waals surface area contributed by atoms with Crippen molar-refractivity contribution >= 4 is 24.0 Å². The number of rotatable bonds is 4. The van der Waals surface area contributed by atoms with E-state index >= 15 is 0 Å². The zero-order valence-corrected chi connectivity index (χ0v) is 13.4. The van der Waals surface area contributed by atoms with E-state index in [9.17, 15) is 17.6 Å². The van der Waals surface area contributed by atoms with Crippen LogP contribution < -0.4 is 5.32 Å². The highest BCUT2D eigenvalue weighted by atomic mass is 35.5. The van der Waals surface area contributed by atoms with Gasteiger partial charge in [-0.15, -0.1) is 12.4 Å². The molecule has 1 fully saturated rings. The van der Waals surface area contributed by atoms with Gasteiger partial charge in [-0.3, -0.25) is 4.90 Å². The lowest BCUT2D eigenvalue weighted by Crippen LogP contribution is -2.45. The lowest BCUT2D eigenvalue weighted by atomic mass is 9.98. The summed E-state index contributed by atoms with van der Waals surface area (Å²) >= 11 is 5.71. The molecule has 126 valence electrons. The van der Waals surface area contributed by atoms with Crippen molar-refractivity contribution in [3.05, 3.63) is 34.6 Å². The summed E-state index contributed by atoms with van der Waals surface area (Å²) < 4.78 is 51.6. The van der Waals surface area contributed by atoms with Crippen molar-refractivity contribution in [3.8, 4) is 0 Å². The van der Waals surface area contributed by atoms with E-state index in [0.29, 0.717) is 26.2 Å². The Bertz CT molecular complexity index is 476. The van der Waals surface area contributed by atoms with Crippen LogP contribution in [0.4, 0.5) is 17.6 Å². The fraction of sp³-hybridized carbons (Fsp3) is 0.571. The Hall–Kier alpha value is -0.560. The molecule has 8 heteroatoms. The first-order valence-corrected chi connectivity index (χ1v) is 7.21. The molecule has 0 spiro atoms. The van der Waals surface area contributed by atoms with Gasteiger partial charge in [0.2, 0.25) is 0 Å². The molecule has 0 radical (unpaired) electrons. The summed E-state index contributed by atoms with van der Waals surface area (Å²) in [6.45, 7) is 2.59. The van der Waals surface area contributed by atoms with Crippen molar-refractivity contribution in [2.24, 2.45) is 0 Å². The van der Waals surface area contributed by atoms with E-state index in [1.54, 1.807) is 0 Å². The predicted octanol–water partition coefficient (Wildman–Crippen LogP) is 4.19. The number of hydrogen-bond donors (Lipinski definition) is 1. The van der Waals surface area contributed by atoms with Crippen molar-refractivity contribution in [2.75, 3.05) is 26.2 Å². The number of piperazine rings is 1. The molecule has 1 aromatic carbocycles. The minimum absolute atomic E-state index is 0. The minimum Gasteiger partial charge on any atom is -0.314 e. The molecule has 0 aliphatic carbocycles. The van der Waals surface area contributed by atoms with Crippen molar-refractivity contribution in [2.45, 2.75) is 25.1 Å². The Morgan fingerprint density at radius 3 is 2.41 bits per heavy atom. The molecule has 1 N–H and O–H groups in total. The van der Waals surface area contributed by atoms with E-state index in [4.69, 9.17) is 11.6 Å². The van der Waals surface area contributed by atoms with Gasteiger partial charge in [0.15, 0.2) is 0 Å². The molecule has 1 saturated heterocycles. The second-order valence-electron chi connectivity index (χ2n) is 5.12. The van der Waals surface area contributed by atoms with Crippen LogP contribution in [-0.4, -0.2) is 37.3 Å². The quantitative estimate of drug-likeness (QED) is 0.809. The number of hydrogen-bond acceptors (Lipinski definition) is 2. The summed E-state index contributed by atoms with van der Waals surface area (Å²) in [5.41, 5.74) is 0.283. The number of alkyl halides is 3. The molecule has 0 saturated carbocycles. The highest BCUT2D eigenvalue weighted by Gasteiger charge is 2.32. The molecule has 1 aliphatic rings. The molecule has 0 bridgehead atoms. The third-order valence-corrected chi connectivity index (χ3v) is 3.85. The van der Waals surface area contributed by atoms with E-state index in [0.717, 1.165) is 6.07 Å². The first kappa shape index (κ1) is 19.5. The number of benzene rings is 1. The van der Waals surface area contributed by atoms with Gasteiger partial charge in [-0.25, -0.2) is 4.39 Å². The highest BCUT2D eigenvalue weighted by molar-refractivity contribution is 6.30. The van der Waals surface area contributed by atoms with Gasteiger partial charge >= 0.3 is 6.18 Å². The molecule has 0 amide bonds. The Balaban J connectivity index is 0.00000242. The Morgan fingerprint density at radius 2 is 1.86 bits per heavy atom. The third-order valence-electron chi connectivity index (χ3n) is 3.62. The average molecular weight is 361 g/mol. The van der Waals surface area contributed by atoms with Crippen LogP contribution in [0.25, 0.3) is 0 Å². The molecular weight excluding hydrogens is 343 g/mol. The molecule has 0 unspecified atom stereocenters. The van der Waals surface area contributed by atoms with E-state index in [2.05, 4.69) is 5.32 Å². The maximum Gasteiger partial charge on any atom is 0.389 e. The van der Waals surface area contributed by atoms with Crippen molar-refractivity contribution in [1.82, 2.24) is 10.2 Å². The highest BCUT2D eigenvalue weighted by Crippen LogP contribution is 2.33. The number of nitrogens with one attached hydrogen (secondary N) is 1. The van der Waals surface area contributed by atoms with Gasteiger partial charge in [-0.1, -0.05) is 17.7 Å². The van der Waals surface area contributed by atoms with Gasteiger partial charge in [-0.2, -0.15) is 13.2 Å². The molecule has 1 heterocycles. The molecule has 2 nitrogen and oxygen atoms in total. The maximum atomic E-state index is 14.1. The Labute approximate surface area is 138 Å². The second kappa shape index (κ2) is 8.34. The summed E-state index contributed by atoms with van der Waals surface area (Å²) in [5, 5.41) is 3.38. The van der Waals surface area contributed by atoms with Crippen LogP contribution in [-0.2, 0) is 0 Å². The molecule has 1 atom stereocenters. The van der Waals surface area contributed by atoms with Gasteiger partial charge < -0.3 is 5.32 Å². The molecule has 1 aliphatic heterocycles. The van der Waals surface area contributed by atoms with E-state index in [1.165, 1.54) is 12.1 Å². The lowest BCUT2D eigenvalue weighted by molar-refractivity contribution is -0.138. The first-order chi connectivity index (χ1) is 9.87. The standard InChI is InChI=1S/C14H17ClF4N2.ClH/c15-10-1-2-11(12(16)9-10)13(3-4-14(17,18)19)21-7-5-20-6-8-21;/h1-2,9,13,20H,3-8H2;1H/t13-;/m0./s1. The number of halogens is 6. The van der Waals surface area contributed by atoms with Crippen molar-refractivity contribution < 1.29 is 17.6 Å². The van der Waals surface area contributed by atoms with Crippen molar-refractivity contribution in [1.29, 1.82) is 0 Å². The average Bonchev–Trinajstić information content (AvgIpc) is 2.41. The molecular formula is C14H18Cl2F4N2. The van der Waals surface area contributed by atoms with Crippen LogP contribution in [0, 0.1) is 5.82 Å². The fourth-order valence-corrected chi connectivity index (χ4v) is 2.76. The largest absolute Gasteiger partial charge is 0.389 e. The van der Waals surface area contributed by atoms with E-state index in [1.807, 2.05) is 4.90 Å². The summed E-state index contributed by atoms with van der Waals surface area (Å²) in [4.78, 5) is 1.90. The minimum atomic E-state index is -4.24. The van der Waals surface area contributed by atoms with Gasteiger partial charge in [0, 0.05) is 49.2 Å². The van der Waals surface area contributed by atoms with E-state index < -0.39 is 24.5 Å². The number of nitrogens with zero attached hydrogens (tertiary/aromatic N) is 1. The Morgan fingerprint density at radius 1 is 1.23 bits per heavy atom. The normalized spacial score (nSPS) is 17.9. The van der Waals surface area contributed by atoms with Crippen LogP contribution >= 0.6 is 24.0 Å². The Kier molecular flexibility index (Phi) is 7.38. The fourth-order valence-electron chi connectivity index (χ4n) is 2.60. The predicted molar refractivity (Wildman–Crippen MR) is 81.1 cm³/mol. The smallest absolute Gasteiger partial charge is 0.314 e. The third kappa shape index (κ3) is 5.57. The zero-order valence-electron chi connectivity index (χ0n) is 11.8. The monoisotopic (exact) mass is 360 g/mol. The van der Waals surface area contributed by atoms with Crippen LogP contribution in [0.2, 0.25) is 5.02 Å². The van der Waals surface area contributed by atoms with Crippen LogP contribution in [0.15, 0.2) is 18.2 Å². The summed E-state index contributed by atoms with van der Waals surface area (Å²) in [7, 11) is 0. The molecule has 0 aromatic heterocycles. The topological polar surface area (TPSA) is 15.3 Å². The molecule has 1 aromatic rings.